The molecule has 2 aromatic heterocycles. The fourth-order valence-electron chi connectivity index (χ4n) is 6.18. The number of para-hydroxylation sites is 3. The minimum absolute atomic E-state index is 0.295. The summed E-state index contributed by atoms with van der Waals surface area (Å²) in [6.45, 7) is 0. The van der Waals surface area contributed by atoms with Crippen molar-refractivity contribution in [1.29, 1.82) is 5.26 Å². The van der Waals surface area contributed by atoms with Crippen LogP contribution < -0.4 is 0 Å². The number of fused-ring (bicyclic) bond motifs is 6. The highest BCUT2D eigenvalue weighted by atomic mass is 32.1. The van der Waals surface area contributed by atoms with Crippen LogP contribution in [0.3, 0.4) is 0 Å². The van der Waals surface area contributed by atoms with Crippen LogP contribution in [0.2, 0.25) is 0 Å². The molecule has 192 valence electrons. The molecule has 0 saturated heterocycles. The number of nitriles is 1. The summed E-state index contributed by atoms with van der Waals surface area (Å²) in [6, 6.07) is 44.4. The van der Waals surface area contributed by atoms with Crippen molar-refractivity contribution in [2.75, 3.05) is 0 Å². The van der Waals surface area contributed by atoms with Gasteiger partial charge >= 0.3 is 0 Å². The van der Waals surface area contributed by atoms with Gasteiger partial charge in [0.15, 0.2) is 0 Å². The number of nitrogens with zero attached hydrogens (tertiary/aromatic N) is 2. The topological polar surface area (TPSA) is 28.7 Å². The van der Waals surface area contributed by atoms with E-state index in [1.54, 1.807) is 17.4 Å². The molecule has 0 fully saturated rings. The van der Waals surface area contributed by atoms with E-state index in [1.165, 1.54) is 20.9 Å². The number of hydrogen-bond acceptors (Lipinski definition) is 2. The van der Waals surface area contributed by atoms with Gasteiger partial charge in [-0.25, -0.2) is 4.39 Å². The lowest BCUT2D eigenvalue weighted by Gasteiger charge is -2.18. The zero-order chi connectivity index (χ0) is 27.5. The van der Waals surface area contributed by atoms with Crippen LogP contribution in [0.5, 0.6) is 0 Å². The lowest BCUT2D eigenvalue weighted by molar-refractivity contribution is 0.632. The van der Waals surface area contributed by atoms with Crippen molar-refractivity contribution < 1.29 is 4.39 Å². The maximum absolute atomic E-state index is 16.0. The first-order valence-electron chi connectivity index (χ1n) is 13.4. The molecule has 0 aliphatic carbocycles. The summed E-state index contributed by atoms with van der Waals surface area (Å²) in [4.78, 5) is 0. The van der Waals surface area contributed by atoms with E-state index in [-0.39, 0.29) is 5.82 Å². The van der Waals surface area contributed by atoms with Crippen molar-refractivity contribution in [1.82, 2.24) is 4.57 Å². The van der Waals surface area contributed by atoms with Crippen molar-refractivity contribution in [2.24, 2.45) is 0 Å². The van der Waals surface area contributed by atoms with Crippen LogP contribution in [0.1, 0.15) is 5.56 Å². The van der Waals surface area contributed by atoms with E-state index < -0.39 is 0 Å². The molecule has 0 atom stereocenters. The molecule has 41 heavy (non-hydrogen) atoms. The molecule has 2 nitrogen and oxygen atoms in total. The molecule has 0 radical (unpaired) electrons. The van der Waals surface area contributed by atoms with Gasteiger partial charge in [-0.05, 0) is 53.6 Å². The van der Waals surface area contributed by atoms with Crippen LogP contribution in [-0.2, 0) is 0 Å². The minimum atomic E-state index is -0.295. The van der Waals surface area contributed by atoms with E-state index in [1.807, 2.05) is 66.7 Å². The molecule has 8 aromatic rings. The van der Waals surface area contributed by atoms with Crippen molar-refractivity contribution in [3.8, 4) is 34.0 Å². The highest BCUT2D eigenvalue weighted by Gasteiger charge is 2.22. The molecule has 0 saturated carbocycles. The van der Waals surface area contributed by atoms with Crippen LogP contribution in [0, 0.1) is 17.1 Å². The molecule has 0 unspecified atom stereocenters. The Labute approximate surface area is 239 Å². The second-order valence-electron chi connectivity index (χ2n) is 10.2. The van der Waals surface area contributed by atoms with Crippen LogP contribution in [0.25, 0.3) is 69.9 Å². The van der Waals surface area contributed by atoms with E-state index in [2.05, 4.69) is 59.2 Å². The molecule has 0 aliphatic rings. The monoisotopic (exact) mass is 544 g/mol. The van der Waals surface area contributed by atoms with Gasteiger partial charge in [-0.3, -0.25) is 0 Å². The van der Waals surface area contributed by atoms with Gasteiger partial charge in [0.05, 0.1) is 22.3 Å². The van der Waals surface area contributed by atoms with Gasteiger partial charge in [0, 0.05) is 42.1 Å². The summed E-state index contributed by atoms with van der Waals surface area (Å²) >= 11 is 1.75. The Balaban J connectivity index is 1.46. The fraction of sp³-hybridized carbons (Fsp3) is 0. The van der Waals surface area contributed by atoms with Gasteiger partial charge in [0.1, 0.15) is 11.9 Å². The van der Waals surface area contributed by atoms with Gasteiger partial charge in [0.25, 0.3) is 0 Å². The lowest BCUT2D eigenvalue weighted by Crippen LogP contribution is -2.02. The van der Waals surface area contributed by atoms with E-state index >= 15 is 4.39 Å². The summed E-state index contributed by atoms with van der Waals surface area (Å²) in [5.74, 6) is -0.295. The molecule has 6 aromatic carbocycles. The van der Waals surface area contributed by atoms with Crippen molar-refractivity contribution in [3.05, 3.63) is 139 Å². The van der Waals surface area contributed by atoms with Gasteiger partial charge in [-0.1, -0.05) is 84.9 Å². The van der Waals surface area contributed by atoms with E-state index in [0.29, 0.717) is 11.1 Å². The largest absolute Gasteiger partial charge is 0.307 e. The number of aromatic nitrogens is 1. The van der Waals surface area contributed by atoms with Gasteiger partial charge in [0.2, 0.25) is 0 Å². The first-order valence-corrected chi connectivity index (χ1v) is 14.3. The Kier molecular flexibility index (Phi) is 5.28. The smallest absolute Gasteiger partial charge is 0.131 e. The molecule has 0 aliphatic heterocycles. The minimum Gasteiger partial charge on any atom is -0.307 e. The van der Waals surface area contributed by atoms with Gasteiger partial charge in [-0.15, -0.1) is 11.3 Å². The predicted molar refractivity (Wildman–Crippen MR) is 169 cm³/mol. The molecule has 0 amide bonds. The van der Waals surface area contributed by atoms with E-state index in [9.17, 15) is 5.26 Å². The summed E-state index contributed by atoms with van der Waals surface area (Å²) in [5.41, 5.74) is 6.18. The quantitative estimate of drug-likeness (QED) is 0.217. The number of halogens is 1. The van der Waals surface area contributed by atoms with Crippen LogP contribution in [0.15, 0.2) is 127 Å². The number of thiophene rings is 1. The highest BCUT2D eigenvalue weighted by molar-refractivity contribution is 7.25. The molecule has 0 spiro atoms. The average molecular weight is 545 g/mol. The summed E-state index contributed by atoms with van der Waals surface area (Å²) < 4.78 is 20.5. The summed E-state index contributed by atoms with van der Waals surface area (Å²) in [6.07, 6.45) is 0. The Morgan fingerprint density at radius 2 is 1.22 bits per heavy atom. The number of hydrogen-bond donors (Lipinski definition) is 0. The van der Waals surface area contributed by atoms with Crippen LogP contribution in [0.4, 0.5) is 4.39 Å². The SMILES string of the molecule is N#Cc1cccc(-c2cccc(F)c2-c2ccc3sc4ccccc4c3c2)c1-n1c2ccccc2c2ccccc21. The molecular weight excluding hydrogens is 523 g/mol. The summed E-state index contributed by atoms with van der Waals surface area (Å²) in [5, 5.41) is 14.8. The lowest BCUT2D eigenvalue weighted by atomic mass is 9.91. The zero-order valence-electron chi connectivity index (χ0n) is 21.8. The van der Waals surface area contributed by atoms with E-state index in [4.69, 9.17) is 0 Å². The van der Waals surface area contributed by atoms with Crippen LogP contribution in [-0.4, -0.2) is 4.57 Å². The average Bonchev–Trinajstić information content (AvgIpc) is 3.56. The second-order valence-corrected chi connectivity index (χ2v) is 11.2. The highest BCUT2D eigenvalue weighted by Crippen LogP contribution is 2.43. The Morgan fingerprint density at radius 3 is 1.98 bits per heavy atom. The molecule has 2 heterocycles. The zero-order valence-corrected chi connectivity index (χ0v) is 22.6. The van der Waals surface area contributed by atoms with E-state index in [0.717, 1.165) is 49.6 Å². The maximum Gasteiger partial charge on any atom is 0.131 e. The first kappa shape index (κ1) is 23.6. The van der Waals surface area contributed by atoms with Crippen molar-refractivity contribution >= 4 is 53.3 Å². The molecule has 0 bridgehead atoms. The molecule has 0 N–H and O–H groups in total. The Bertz CT molecular complexity index is 2300. The number of rotatable bonds is 3. The third-order valence-electron chi connectivity index (χ3n) is 7.93. The molecule has 8 rings (SSSR count). The molecule has 4 heteroatoms. The second kappa shape index (κ2) is 9.16. The maximum atomic E-state index is 16.0. The first-order chi connectivity index (χ1) is 20.2. The molecular formula is C37H21FN2S. The van der Waals surface area contributed by atoms with Gasteiger partial charge in [-0.2, -0.15) is 5.26 Å². The Morgan fingerprint density at radius 1 is 0.585 bits per heavy atom. The van der Waals surface area contributed by atoms with Crippen molar-refractivity contribution in [3.63, 3.8) is 0 Å². The number of benzene rings is 6. The summed E-state index contributed by atoms with van der Waals surface area (Å²) in [7, 11) is 0. The third kappa shape index (κ3) is 3.53. The fourth-order valence-corrected chi connectivity index (χ4v) is 7.27. The normalized spacial score (nSPS) is 11.5. The Hall–Kier alpha value is -5.24. The van der Waals surface area contributed by atoms with Crippen molar-refractivity contribution in [2.45, 2.75) is 0 Å². The predicted octanol–water partition coefficient (Wildman–Crippen LogP) is 10.5. The van der Waals surface area contributed by atoms with Crippen LogP contribution >= 0.6 is 11.3 Å². The van der Waals surface area contributed by atoms with Gasteiger partial charge < -0.3 is 4.57 Å². The standard InChI is InChI=1S/C37H21FN2S/c38-31-15-8-13-28(36(31)23-19-20-35-30(21-23)27-12-3-6-18-34(27)41-35)29-14-7-9-24(22-39)37(29)40-32-16-4-1-10-25(32)26-11-2-5-17-33(26)40/h1-21H. The third-order valence-corrected chi connectivity index (χ3v) is 9.08.